The fourth-order valence-electron chi connectivity index (χ4n) is 3.35. The van der Waals surface area contributed by atoms with Crippen LogP contribution in [0.5, 0.6) is 0 Å². The highest BCUT2D eigenvalue weighted by Gasteiger charge is 2.21. The Balaban J connectivity index is 1.81. The summed E-state index contributed by atoms with van der Waals surface area (Å²) in [4.78, 5) is -0.244. The van der Waals surface area contributed by atoms with Gasteiger partial charge in [0.05, 0.1) is 4.90 Å². The zero-order valence-corrected chi connectivity index (χ0v) is 16.7. The first-order valence-electron chi connectivity index (χ1n) is 9.23. The maximum absolute atomic E-state index is 13.2. The number of sulfone groups is 1. The van der Waals surface area contributed by atoms with E-state index in [1.807, 2.05) is 41.1 Å². The Hall–Kier alpha value is -3.69. The van der Waals surface area contributed by atoms with E-state index in [-0.39, 0.29) is 15.6 Å². The average molecular weight is 416 g/mol. The minimum absolute atomic E-state index is 0.0767. The lowest BCUT2D eigenvalue weighted by Crippen LogP contribution is -2.03. The maximum atomic E-state index is 13.2. The van der Waals surface area contributed by atoms with Crippen LogP contribution < -0.4 is 0 Å². The van der Waals surface area contributed by atoms with Gasteiger partial charge in [-0.3, -0.25) is 0 Å². The maximum Gasteiger partial charge on any atom is 0.216 e. The molecule has 0 spiro atoms. The van der Waals surface area contributed by atoms with Crippen LogP contribution in [0.25, 0.3) is 17.0 Å². The van der Waals surface area contributed by atoms with Crippen molar-refractivity contribution in [1.29, 1.82) is 5.26 Å². The lowest BCUT2D eigenvalue weighted by molar-refractivity contribution is 0.603. The Morgan fingerprint density at radius 3 is 2.33 bits per heavy atom. The largest absolute Gasteiger partial charge is 0.342 e. The van der Waals surface area contributed by atoms with Crippen LogP contribution in [0.4, 0.5) is 4.39 Å². The molecule has 1 heterocycles. The third kappa shape index (κ3) is 3.76. The molecule has 0 amide bonds. The number of rotatable bonds is 5. The number of aromatic nitrogens is 1. The van der Waals surface area contributed by atoms with Crippen LogP contribution in [0.15, 0.2) is 94.9 Å². The van der Waals surface area contributed by atoms with E-state index in [4.69, 9.17) is 0 Å². The van der Waals surface area contributed by atoms with Crippen molar-refractivity contribution in [2.24, 2.45) is 0 Å². The van der Waals surface area contributed by atoms with Gasteiger partial charge in [-0.2, -0.15) is 5.26 Å². The lowest BCUT2D eigenvalue weighted by atomic mass is 10.1. The Morgan fingerprint density at radius 2 is 1.63 bits per heavy atom. The number of hydrogen-bond acceptors (Lipinski definition) is 3. The smallest absolute Gasteiger partial charge is 0.216 e. The van der Waals surface area contributed by atoms with Crippen molar-refractivity contribution in [2.75, 3.05) is 0 Å². The molecule has 0 saturated heterocycles. The van der Waals surface area contributed by atoms with E-state index < -0.39 is 9.84 Å². The summed E-state index contributed by atoms with van der Waals surface area (Å²) >= 11 is 0. The monoisotopic (exact) mass is 416 g/mol. The van der Waals surface area contributed by atoms with Gasteiger partial charge < -0.3 is 4.57 Å². The molecular weight excluding hydrogens is 399 g/mol. The highest BCUT2D eigenvalue weighted by Crippen LogP contribution is 2.27. The summed E-state index contributed by atoms with van der Waals surface area (Å²) in [6, 6.07) is 23.5. The fraction of sp³-hybridized carbons (Fsp3) is 0.0417. The van der Waals surface area contributed by atoms with Crippen molar-refractivity contribution in [3.05, 3.63) is 107 Å². The minimum atomic E-state index is -3.92. The van der Waals surface area contributed by atoms with Gasteiger partial charge in [-0.05, 0) is 42.0 Å². The van der Waals surface area contributed by atoms with Gasteiger partial charge in [0.1, 0.15) is 16.8 Å². The fourth-order valence-corrected chi connectivity index (χ4v) is 4.52. The number of para-hydroxylation sites is 1. The van der Waals surface area contributed by atoms with Crippen LogP contribution in [-0.2, 0) is 16.4 Å². The molecular formula is C24H17FN2O2S. The van der Waals surface area contributed by atoms with E-state index in [2.05, 4.69) is 0 Å². The van der Waals surface area contributed by atoms with Gasteiger partial charge in [0.25, 0.3) is 0 Å². The lowest BCUT2D eigenvalue weighted by Gasteiger charge is -2.05. The molecule has 0 radical (unpaired) electrons. The number of nitrogens with zero attached hydrogens (tertiary/aromatic N) is 2. The predicted molar refractivity (Wildman–Crippen MR) is 115 cm³/mol. The van der Waals surface area contributed by atoms with Gasteiger partial charge in [0.15, 0.2) is 0 Å². The first-order chi connectivity index (χ1) is 14.5. The van der Waals surface area contributed by atoms with Crippen molar-refractivity contribution in [3.8, 4) is 6.07 Å². The van der Waals surface area contributed by atoms with Crippen LogP contribution >= 0.6 is 0 Å². The predicted octanol–water partition coefficient (Wildman–Crippen LogP) is 5.17. The second-order valence-corrected chi connectivity index (χ2v) is 8.71. The first-order valence-corrected chi connectivity index (χ1v) is 10.7. The van der Waals surface area contributed by atoms with Gasteiger partial charge in [-0.25, -0.2) is 12.8 Å². The van der Waals surface area contributed by atoms with E-state index in [9.17, 15) is 18.1 Å². The topological polar surface area (TPSA) is 62.9 Å². The molecule has 6 heteroatoms. The second-order valence-electron chi connectivity index (χ2n) is 6.79. The highest BCUT2D eigenvalue weighted by molar-refractivity contribution is 7.95. The van der Waals surface area contributed by atoms with Crippen molar-refractivity contribution in [3.63, 3.8) is 0 Å². The molecule has 4 rings (SSSR count). The third-order valence-corrected chi connectivity index (χ3v) is 6.51. The third-order valence-electron chi connectivity index (χ3n) is 4.83. The summed E-state index contributed by atoms with van der Waals surface area (Å²) < 4.78 is 41.0. The zero-order valence-electron chi connectivity index (χ0n) is 15.9. The summed E-state index contributed by atoms with van der Waals surface area (Å²) in [6.45, 7) is 0.488. The number of fused-ring (bicyclic) bond motifs is 1. The molecule has 0 unspecified atom stereocenters. The molecule has 0 aliphatic carbocycles. The van der Waals surface area contributed by atoms with Crippen molar-refractivity contribution in [1.82, 2.24) is 4.57 Å². The Kier molecular flexibility index (Phi) is 5.21. The van der Waals surface area contributed by atoms with E-state index in [0.717, 1.165) is 16.5 Å². The average Bonchev–Trinajstić information content (AvgIpc) is 3.11. The standard InChI is InChI=1S/C24H17FN2O2S/c25-20-12-10-18(11-13-20)16-27-17-19(23-8-4-5-9-24(23)27)14-22(15-26)30(28,29)21-6-2-1-3-7-21/h1-14,17H,16H2/b22-14+. The zero-order chi connectivity index (χ0) is 21.1. The summed E-state index contributed by atoms with van der Waals surface area (Å²) in [7, 11) is -3.92. The molecule has 0 aliphatic heterocycles. The molecule has 0 bridgehead atoms. The minimum Gasteiger partial charge on any atom is -0.342 e. The Bertz CT molecular complexity index is 1380. The quantitative estimate of drug-likeness (QED) is 0.422. The van der Waals surface area contributed by atoms with Crippen LogP contribution in [-0.4, -0.2) is 13.0 Å². The first kappa shape index (κ1) is 19.6. The summed E-state index contributed by atoms with van der Waals surface area (Å²) in [6.07, 6.45) is 3.22. The summed E-state index contributed by atoms with van der Waals surface area (Å²) in [5, 5.41) is 10.4. The molecule has 4 aromatic rings. The summed E-state index contributed by atoms with van der Waals surface area (Å²) in [5.41, 5.74) is 2.43. The molecule has 0 saturated carbocycles. The highest BCUT2D eigenvalue weighted by atomic mass is 32.2. The number of benzene rings is 3. The van der Waals surface area contributed by atoms with Crippen molar-refractivity contribution < 1.29 is 12.8 Å². The number of allylic oxidation sites excluding steroid dienone is 1. The molecule has 0 aliphatic rings. The number of hydrogen-bond donors (Lipinski definition) is 0. The number of halogens is 1. The van der Waals surface area contributed by atoms with Gasteiger partial charge in [0.2, 0.25) is 9.84 Å². The van der Waals surface area contributed by atoms with Crippen LogP contribution in [0, 0.1) is 17.1 Å². The van der Waals surface area contributed by atoms with Crippen LogP contribution in [0.2, 0.25) is 0 Å². The van der Waals surface area contributed by atoms with Crippen LogP contribution in [0.3, 0.4) is 0 Å². The van der Waals surface area contributed by atoms with Gasteiger partial charge >= 0.3 is 0 Å². The SMILES string of the molecule is N#C/C(=C\c1cn(Cc2ccc(F)cc2)c2ccccc12)S(=O)(=O)c1ccccc1. The van der Waals surface area contributed by atoms with Gasteiger partial charge in [-0.1, -0.05) is 48.5 Å². The number of nitriles is 1. The van der Waals surface area contributed by atoms with E-state index >= 15 is 0 Å². The molecule has 148 valence electrons. The Morgan fingerprint density at radius 1 is 0.967 bits per heavy atom. The molecule has 30 heavy (non-hydrogen) atoms. The summed E-state index contributed by atoms with van der Waals surface area (Å²) in [5.74, 6) is -0.301. The van der Waals surface area contributed by atoms with Crippen molar-refractivity contribution >= 4 is 26.8 Å². The molecule has 3 aromatic carbocycles. The van der Waals surface area contributed by atoms with E-state index in [0.29, 0.717) is 12.1 Å². The van der Waals surface area contributed by atoms with Gasteiger partial charge in [-0.15, -0.1) is 0 Å². The van der Waals surface area contributed by atoms with E-state index in [1.54, 1.807) is 30.3 Å². The second kappa shape index (κ2) is 7.97. The van der Waals surface area contributed by atoms with Crippen molar-refractivity contribution in [2.45, 2.75) is 11.4 Å². The molecule has 0 N–H and O–H groups in total. The molecule has 1 aromatic heterocycles. The van der Waals surface area contributed by atoms with E-state index in [1.165, 1.54) is 30.3 Å². The van der Waals surface area contributed by atoms with Gasteiger partial charge in [0, 0.05) is 29.2 Å². The molecule has 0 fully saturated rings. The van der Waals surface area contributed by atoms with Crippen LogP contribution in [0.1, 0.15) is 11.1 Å². The molecule has 4 nitrogen and oxygen atoms in total. The normalized spacial score (nSPS) is 12.1. The molecule has 0 atom stereocenters. The Labute approximate surface area is 174 Å².